The maximum atomic E-state index is 11.4. The number of aromatic nitrogens is 6. The molecular weight excluding hydrogens is 344 g/mol. The molecule has 8 heteroatoms. The lowest BCUT2D eigenvalue weighted by Gasteiger charge is -2.10. The van der Waals surface area contributed by atoms with Crippen molar-refractivity contribution < 1.29 is 4.74 Å². The Morgan fingerprint density at radius 2 is 1.93 bits per heavy atom. The lowest BCUT2D eigenvalue weighted by molar-refractivity contribution is 0.475. The molecule has 0 radical (unpaired) electrons. The maximum Gasteiger partial charge on any atom is 0.251 e. The van der Waals surface area contributed by atoms with Gasteiger partial charge in [-0.3, -0.25) is 14.5 Å². The highest BCUT2D eigenvalue weighted by atomic mass is 16.5. The van der Waals surface area contributed by atoms with E-state index >= 15 is 0 Å². The Labute approximate surface area is 154 Å². The van der Waals surface area contributed by atoms with Crippen molar-refractivity contribution in [2.24, 2.45) is 7.05 Å². The fraction of sp³-hybridized carbons (Fsp3) is 0.105. The largest absolute Gasteiger partial charge is 0.455 e. The molecule has 0 aromatic carbocycles. The Balaban J connectivity index is 1.61. The summed E-state index contributed by atoms with van der Waals surface area (Å²) in [6, 6.07) is 8.54. The molecule has 4 rings (SSSR count). The lowest BCUT2D eigenvalue weighted by atomic mass is 10.2. The van der Waals surface area contributed by atoms with Crippen molar-refractivity contribution in [3.05, 3.63) is 71.2 Å². The molecule has 134 valence electrons. The van der Waals surface area contributed by atoms with Crippen LogP contribution in [0.4, 0.5) is 0 Å². The first-order valence-electron chi connectivity index (χ1n) is 8.25. The van der Waals surface area contributed by atoms with Gasteiger partial charge in [-0.05, 0) is 25.1 Å². The zero-order valence-electron chi connectivity index (χ0n) is 14.7. The summed E-state index contributed by atoms with van der Waals surface area (Å²) >= 11 is 0. The predicted molar refractivity (Wildman–Crippen MR) is 99.3 cm³/mol. The van der Waals surface area contributed by atoms with Crippen molar-refractivity contribution in [3.8, 4) is 34.3 Å². The first-order valence-corrected chi connectivity index (χ1v) is 8.25. The normalized spacial score (nSPS) is 10.7. The van der Waals surface area contributed by atoms with Crippen molar-refractivity contribution in [1.82, 2.24) is 29.7 Å². The maximum absolute atomic E-state index is 11.4. The molecular formula is C19H16N6O2. The van der Waals surface area contributed by atoms with Gasteiger partial charge in [0.2, 0.25) is 0 Å². The number of aromatic amines is 1. The van der Waals surface area contributed by atoms with Crippen LogP contribution < -0.4 is 10.3 Å². The molecule has 4 heterocycles. The minimum Gasteiger partial charge on any atom is -0.455 e. The second-order valence-corrected chi connectivity index (χ2v) is 5.94. The third kappa shape index (κ3) is 3.59. The molecule has 0 aliphatic heterocycles. The van der Waals surface area contributed by atoms with Crippen LogP contribution in [-0.4, -0.2) is 29.7 Å². The SMILES string of the molecule is Cc1nc(-c2nccc(=O)[nH]2)ccc1Oc1ccnc(-c2cnn(C)c2)c1. The van der Waals surface area contributed by atoms with Crippen molar-refractivity contribution in [1.29, 1.82) is 0 Å². The average Bonchev–Trinajstić information content (AvgIpc) is 3.10. The van der Waals surface area contributed by atoms with Gasteiger partial charge in [-0.2, -0.15) is 5.10 Å². The van der Waals surface area contributed by atoms with Crippen LogP contribution in [0.25, 0.3) is 22.8 Å². The van der Waals surface area contributed by atoms with Gasteiger partial charge in [0.15, 0.2) is 5.82 Å². The van der Waals surface area contributed by atoms with E-state index in [9.17, 15) is 4.79 Å². The van der Waals surface area contributed by atoms with Gasteiger partial charge in [0.05, 0.1) is 17.6 Å². The van der Waals surface area contributed by atoms with Crippen LogP contribution in [0.5, 0.6) is 11.5 Å². The summed E-state index contributed by atoms with van der Waals surface area (Å²) in [6.45, 7) is 1.84. The Bertz CT molecular complexity index is 1160. The van der Waals surface area contributed by atoms with Crippen LogP contribution in [0.2, 0.25) is 0 Å². The zero-order valence-corrected chi connectivity index (χ0v) is 14.7. The lowest BCUT2D eigenvalue weighted by Crippen LogP contribution is -2.06. The molecule has 0 bridgehead atoms. The van der Waals surface area contributed by atoms with Gasteiger partial charge in [0.25, 0.3) is 5.56 Å². The second-order valence-electron chi connectivity index (χ2n) is 5.94. The number of nitrogens with zero attached hydrogens (tertiary/aromatic N) is 5. The highest BCUT2D eigenvalue weighted by Gasteiger charge is 2.09. The molecule has 0 unspecified atom stereocenters. The summed E-state index contributed by atoms with van der Waals surface area (Å²) in [5, 5.41) is 4.16. The van der Waals surface area contributed by atoms with Crippen LogP contribution in [-0.2, 0) is 7.05 Å². The topological polar surface area (TPSA) is 98.6 Å². The van der Waals surface area contributed by atoms with Crippen LogP contribution in [0.1, 0.15) is 5.69 Å². The summed E-state index contributed by atoms with van der Waals surface area (Å²) in [4.78, 5) is 27.1. The number of hydrogen-bond donors (Lipinski definition) is 1. The summed E-state index contributed by atoms with van der Waals surface area (Å²) in [5.41, 5.74) is 2.71. The molecule has 0 spiro atoms. The number of pyridine rings is 2. The number of rotatable bonds is 4. The molecule has 0 fully saturated rings. The van der Waals surface area contributed by atoms with Gasteiger partial charge in [0, 0.05) is 43.3 Å². The zero-order chi connectivity index (χ0) is 18.8. The van der Waals surface area contributed by atoms with Gasteiger partial charge < -0.3 is 9.72 Å². The quantitative estimate of drug-likeness (QED) is 0.601. The molecule has 0 saturated carbocycles. The van der Waals surface area contributed by atoms with Crippen molar-refractivity contribution >= 4 is 0 Å². The third-order valence-electron chi connectivity index (χ3n) is 3.91. The molecule has 0 aliphatic carbocycles. The molecule has 0 atom stereocenters. The number of nitrogens with one attached hydrogen (secondary N) is 1. The van der Waals surface area contributed by atoms with Gasteiger partial charge >= 0.3 is 0 Å². The summed E-state index contributed by atoms with van der Waals surface area (Å²) in [6.07, 6.45) is 6.78. The molecule has 0 saturated heterocycles. The second kappa shape index (κ2) is 6.83. The van der Waals surface area contributed by atoms with E-state index in [1.165, 1.54) is 12.3 Å². The minimum atomic E-state index is -0.223. The van der Waals surface area contributed by atoms with Crippen LogP contribution >= 0.6 is 0 Å². The van der Waals surface area contributed by atoms with E-state index in [-0.39, 0.29) is 5.56 Å². The third-order valence-corrected chi connectivity index (χ3v) is 3.91. The first-order chi connectivity index (χ1) is 13.1. The summed E-state index contributed by atoms with van der Waals surface area (Å²) in [7, 11) is 1.86. The average molecular weight is 360 g/mol. The van der Waals surface area contributed by atoms with Crippen molar-refractivity contribution in [3.63, 3.8) is 0 Å². The Hall–Kier alpha value is -3.81. The molecule has 4 aromatic heterocycles. The molecule has 4 aromatic rings. The summed E-state index contributed by atoms with van der Waals surface area (Å²) in [5.74, 6) is 1.67. The Morgan fingerprint density at radius 1 is 1.07 bits per heavy atom. The van der Waals surface area contributed by atoms with E-state index in [2.05, 4.69) is 25.0 Å². The van der Waals surface area contributed by atoms with E-state index in [4.69, 9.17) is 4.74 Å². The summed E-state index contributed by atoms with van der Waals surface area (Å²) < 4.78 is 7.69. The van der Waals surface area contributed by atoms with E-state index in [0.29, 0.717) is 28.7 Å². The monoisotopic (exact) mass is 360 g/mol. The molecule has 0 amide bonds. The van der Waals surface area contributed by atoms with Crippen LogP contribution in [0.15, 0.2) is 59.9 Å². The standard InChI is InChI=1S/C19H16N6O2/c1-12-17(4-3-15(23-12)19-21-8-6-18(26)24-19)27-14-5-7-20-16(9-14)13-10-22-25(2)11-13/h3-11H,1-2H3,(H,21,24,26). The van der Waals surface area contributed by atoms with Crippen LogP contribution in [0, 0.1) is 6.92 Å². The predicted octanol–water partition coefficient (Wildman–Crippen LogP) is 2.73. The van der Waals surface area contributed by atoms with Crippen molar-refractivity contribution in [2.45, 2.75) is 6.92 Å². The van der Waals surface area contributed by atoms with Gasteiger partial charge in [0.1, 0.15) is 17.2 Å². The van der Waals surface area contributed by atoms with Gasteiger partial charge in [-0.15, -0.1) is 0 Å². The highest BCUT2D eigenvalue weighted by Crippen LogP contribution is 2.28. The molecule has 0 aliphatic rings. The smallest absolute Gasteiger partial charge is 0.251 e. The number of hydrogen-bond acceptors (Lipinski definition) is 6. The minimum absolute atomic E-state index is 0.223. The first kappa shape index (κ1) is 16.6. The van der Waals surface area contributed by atoms with E-state index in [1.807, 2.05) is 26.2 Å². The molecule has 1 N–H and O–H groups in total. The number of ether oxygens (including phenoxy) is 1. The van der Waals surface area contributed by atoms with E-state index < -0.39 is 0 Å². The van der Waals surface area contributed by atoms with E-state index in [0.717, 1.165) is 11.3 Å². The van der Waals surface area contributed by atoms with Crippen molar-refractivity contribution in [2.75, 3.05) is 0 Å². The molecule has 27 heavy (non-hydrogen) atoms. The van der Waals surface area contributed by atoms with Gasteiger partial charge in [-0.1, -0.05) is 0 Å². The highest BCUT2D eigenvalue weighted by molar-refractivity contribution is 5.59. The van der Waals surface area contributed by atoms with Crippen LogP contribution in [0.3, 0.4) is 0 Å². The van der Waals surface area contributed by atoms with Gasteiger partial charge in [-0.25, -0.2) is 9.97 Å². The fourth-order valence-corrected chi connectivity index (χ4v) is 2.60. The number of aryl methyl sites for hydroxylation is 2. The van der Waals surface area contributed by atoms with E-state index in [1.54, 1.807) is 35.3 Å². The molecule has 8 nitrogen and oxygen atoms in total. The Kier molecular flexibility index (Phi) is 4.21. The number of H-pyrrole nitrogens is 1. The Morgan fingerprint density at radius 3 is 2.67 bits per heavy atom. The fourth-order valence-electron chi connectivity index (χ4n) is 2.60.